The molecule has 1 amide bonds. The minimum atomic E-state index is -0.984. The summed E-state index contributed by atoms with van der Waals surface area (Å²) in [5, 5.41) is 30.9. The van der Waals surface area contributed by atoms with Crippen LogP contribution in [0.1, 0.15) is 30.6 Å². The quantitative estimate of drug-likeness (QED) is 0.590. The standard InChI is InChI=1S/C12H17NO4/c1-3-12(2,17)7-13-11(16)8-5-4-6-9(14)10(8)15/h4-6,14-15,17H,3,7H2,1-2H3,(H,13,16). The van der Waals surface area contributed by atoms with E-state index in [4.69, 9.17) is 0 Å². The Bertz CT molecular complexity index is 415. The van der Waals surface area contributed by atoms with Crippen LogP contribution >= 0.6 is 0 Å². The molecule has 0 heterocycles. The zero-order chi connectivity index (χ0) is 13.1. The van der Waals surface area contributed by atoms with Gasteiger partial charge in [0, 0.05) is 6.54 Å². The minimum Gasteiger partial charge on any atom is -0.504 e. The van der Waals surface area contributed by atoms with Gasteiger partial charge >= 0.3 is 0 Å². The van der Waals surface area contributed by atoms with E-state index in [1.54, 1.807) is 13.8 Å². The van der Waals surface area contributed by atoms with Crippen LogP contribution < -0.4 is 5.32 Å². The fourth-order valence-electron chi connectivity index (χ4n) is 1.21. The molecular formula is C12H17NO4. The first-order valence-electron chi connectivity index (χ1n) is 5.39. The van der Waals surface area contributed by atoms with Gasteiger partial charge in [0.05, 0.1) is 11.2 Å². The average Bonchev–Trinajstić information content (AvgIpc) is 2.30. The molecule has 1 atom stereocenters. The average molecular weight is 239 g/mol. The topological polar surface area (TPSA) is 89.8 Å². The molecule has 0 spiro atoms. The van der Waals surface area contributed by atoms with Crippen molar-refractivity contribution >= 4 is 5.91 Å². The summed E-state index contributed by atoms with van der Waals surface area (Å²) in [5.41, 5.74) is -1.00. The summed E-state index contributed by atoms with van der Waals surface area (Å²) in [6.45, 7) is 3.49. The van der Waals surface area contributed by atoms with Gasteiger partial charge in [-0.2, -0.15) is 0 Å². The number of carbonyl (C=O) groups is 1. The Kier molecular flexibility index (Phi) is 3.96. The molecule has 0 aliphatic rings. The van der Waals surface area contributed by atoms with E-state index in [2.05, 4.69) is 5.32 Å². The third kappa shape index (κ3) is 3.35. The van der Waals surface area contributed by atoms with Gasteiger partial charge in [-0.3, -0.25) is 4.79 Å². The molecule has 17 heavy (non-hydrogen) atoms. The number of nitrogens with one attached hydrogen (secondary N) is 1. The van der Waals surface area contributed by atoms with Gasteiger partial charge in [-0.15, -0.1) is 0 Å². The summed E-state index contributed by atoms with van der Waals surface area (Å²) in [7, 11) is 0. The molecule has 0 bridgehead atoms. The second-order valence-corrected chi connectivity index (χ2v) is 4.21. The van der Waals surface area contributed by atoms with Crippen LogP contribution in [-0.2, 0) is 0 Å². The molecule has 0 aromatic heterocycles. The van der Waals surface area contributed by atoms with Gasteiger partial charge in [-0.05, 0) is 25.5 Å². The summed E-state index contributed by atoms with van der Waals surface area (Å²) in [4.78, 5) is 11.7. The number of hydrogen-bond acceptors (Lipinski definition) is 4. The van der Waals surface area contributed by atoms with Crippen molar-refractivity contribution in [2.45, 2.75) is 25.9 Å². The smallest absolute Gasteiger partial charge is 0.255 e. The van der Waals surface area contributed by atoms with Crippen molar-refractivity contribution in [1.29, 1.82) is 0 Å². The van der Waals surface area contributed by atoms with Gasteiger partial charge < -0.3 is 20.6 Å². The van der Waals surface area contributed by atoms with E-state index >= 15 is 0 Å². The van der Waals surface area contributed by atoms with Crippen LogP contribution in [-0.4, -0.2) is 33.4 Å². The van der Waals surface area contributed by atoms with Crippen LogP contribution in [0.2, 0.25) is 0 Å². The Labute approximate surface area is 99.7 Å². The highest BCUT2D eigenvalue weighted by Crippen LogP contribution is 2.27. The highest BCUT2D eigenvalue weighted by atomic mass is 16.3. The zero-order valence-corrected chi connectivity index (χ0v) is 9.90. The van der Waals surface area contributed by atoms with E-state index < -0.39 is 17.3 Å². The van der Waals surface area contributed by atoms with Crippen molar-refractivity contribution in [3.8, 4) is 11.5 Å². The molecular weight excluding hydrogens is 222 g/mol. The highest BCUT2D eigenvalue weighted by molar-refractivity contribution is 5.97. The Morgan fingerprint density at radius 1 is 1.41 bits per heavy atom. The van der Waals surface area contributed by atoms with Crippen molar-refractivity contribution < 1.29 is 20.1 Å². The maximum atomic E-state index is 11.7. The maximum Gasteiger partial charge on any atom is 0.255 e. The lowest BCUT2D eigenvalue weighted by Crippen LogP contribution is -2.40. The summed E-state index contributed by atoms with van der Waals surface area (Å²) < 4.78 is 0. The fraction of sp³-hybridized carbons (Fsp3) is 0.417. The zero-order valence-electron chi connectivity index (χ0n) is 9.90. The highest BCUT2D eigenvalue weighted by Gasteiger charge is 2.20. The Hall–Kier alpha value is -1.75. The molecule has 1 rings (SSSR count). The molecule has 0 aliphatic heterocycles. The largest absolute Gasteiger partial charge is 0.504 e. The van der Waals surface area contributed by atoms with E-state index in [1.165, 1.54) is 18.2 Å². The second-order valence-electron chi connectivity index (χ2n) is 4.21. The SMILES string of the molecule is CCC(C)(O)CNC(=O)c1cccc(O)c1O. The number of rotatable bonds is 4. The number of carbonyl (C=O) groups excluding carboxylic acids is 1. The number of para-hydroxylation sites is 1. The van der Waals surface area contributed by atoms with E-state index in [1.807, 2.05) is 0 Å². The lowest BCUT2D eigenvalue weighted by Gasteiger charge is -2.21. The monoisotopic (exact) mass is 239 g/mol. The Morgan fingerprint density at radius 3 is 2.65 bits per heavy atom. The molecule has 5 heteroatoms. The molecule has 1 aromatic rings. The van der Waals surface area contributed by atoms with E-state index in [0.29, 0.717) is 6.42 Å². The Balaban J connectivity index is 2.74. The van der Waals surface area contributed by atoms with Gasteiger partial charge in [-0.1, -0.05) is 13.0 Å². The van der Waals surface area contributed by atoms with Crippen LogP contribution in [0.25, 0.3) is 0 Å². The lowest BCUT2D eigenvalue weighted by atomic mass is 10.0. The first-order valence-corrected chi connectivity index (χ1v) is 5.39. The molecule has 0 fully saturated rings. The maximum absolute atomic E-state index is 11.7. The van der Waals surface area contributed by atoms with Crippen molar-refractivity contribution in [2.75, 3.05) is 6.54 Å². The molecule has 0 aliphatic carbocycles. The molecule has 1 unspecified atom stereocenters. The second kappa shape index (κ2) is 5.05. The molecule has 4 N–H and O–H groups in total. The molecule has 1 aromatic carbocycles. The minimum absolute atomic E-state index is 0.0168. The number of aliphatic hydroxyl groups is 1. The predicted molar refractivity (Wildman–Crippen MR) is 63.0 cm³/mol. The lowest BCUT2D eigenvalue weighted by molar-refractivity contribution is 0.0517. The summed E-state index contributed by atoms with van der Waals surface area (Å²) in [6.07, 6.45) is 0.499. The van der Waals surface area contributed by atoms with Crippen molar-refractivity contribution in [1.82, 2.24) is 5.32 Å². The number of phenols is 2. The van der Waals surface area contributed by atoms with Gasteiger partial charge in [-0.25, -0.2) is 0 Å². The predicted octanol–water partition coefficient (Wildman–Crippen LogP) is 0.989. The molecule has 5 nitrogen and oxygen atoms in total. The molecule has 94 valence electrons. The Morgan fingerprint density at radius 2 is 2.06 bits per heavy atom. The normalized spacial score (nSPS) is 14.1. The van der Waals surface area contributed by atoms with Crippen molar-refractivity contribution in [3.63, 3.8) is 0 Å². The number of benzene rings is 1. The summed E-state index contributed by atoms with van der Waals surface area (Å²) in [5.74, 6) is -1.34. The molecule has 0 saturated heterocycles. The third-order valence-electron chi connectivity index (χ3n) is 2.65. The van der Waals surface area contributed by atoms with Crippen LogP contribution in [0, 0.1) is 0 Å². The van der Waals surface area contributed by atoms with Crippen LogP contribution in [0.15, 0.2) is 18.2 Å². The van der Waals surface area contributed by atoms with Gasteiger partial charge in [0.1, 0.15) is 0 Å². The van der Waals surface area contributed by atoms with Crippen LogP contribution in [0.5, 0.6) is 11.5 Å². The number of amides is 1. The van der Waals surface area contributed by atoms with E-state index in [9.17, 15) is 20.1 Å². The van der Waals surface area contributed by atoms with Crippen LogP contribution in [0.3, 0.4) is 0 Å². The van der Waals surface area contributed by atoms with Gasteiger partial charge in [0.15, 0.2) is 11.5 Å². The first kappa shape index (κ1) is 13.3. The van der Waals surface area contributed by atoms with Crippen LogP contribution in [0.4, 0.5) is 0 Å². The summed E-state index contributed by atoms with van der Waals surface area (Å²) >= 11 is 0. The third-order valence-corrected chi connectivity index (χ3v) is 2.65. The number of aromatic hydroxyl groups is 2. The first-order chi connectivity index (χ1) is 7.87. The summed E-state index contributed by atoms with van der Waals surface area (Å²) in [6, 6.07) is 4.14. The van der Waals surface area contributed by atoms with Crippen molar-refractivity contribution in [2.24, 2.45) is 0 Å². The molecule has 0 saturated carbocycles. The molecule has 0 radical (unpaired) electrons. The fourth-order valence-corrected chi connectivity index (χ4v) is 1.21. The van der Waals surface area contributed by atoms with Crippen molar-refractivity contribution in [3.05, 3.63) is 23.8 Å². The van der Waals surface area contributed by atoms with E-state index in [-0.39, 0.29) is 17.9 Å². The van der Waals surface area contributed by atoms with E-state index in [0.717, 1.165) is 0 Å². The number of phenolic OH excluding ortho intramolecular Hbond substituents is 2. The van der Waals surface area contributed by atoms with Gasteiger partial charge in [0.25, 0.3) is 5.91 Å². The number of hydrogen-bond donors (Lipinski definition) is 4. The van der Waals surface area contributed by atoms with Gasteiger partial charge in [0.2, 0.25) is 0 Å².